The molecule has 0 radical (unpaired) electrons. The van der Waals surface area contributed by atoms with E-state index >= 15 is 0 Å². The Morgan fingerprint density at radius 2 is 1.29 bits per heavy atom. The number of halogens is 2. The lowest BCUT2D eigenvalue weighted by Crippen LogP contribution is -2.06. The van der Waals surface area contributed by atoms with E-state index in [0.29, 0.717) is 31.3 Å². The standard InChI is InChI=1S/C19H20F2O3/c1-3-23-12-13-24-17-10-6-15(7-11-17)19(21)18(20)14-4-8-16(22-2)9-5-14/h4-11H,3,12-13H2,1-2H3/b19-18+. The number of hydrogen-bond acceptors (Lipinski definition) is 3. The molecule has 2 aromatic carbocycles. The zero-order chi connectivity index (χ0) is 17.4. The molecule has 0 bridgehead atoms. The lowest BCUT2D eigenvalue weighted by Gasteiger charge is -2.07. The van der Waals surface area contributed by atoms with Gasteiger partial charge < -0.3 is 14.2 Å². The Balaban J connectivity index is 2.08. The van der Waals surface area contributed by atoms with Crippen molar-refractivity contribution in [3.63, 3.8) is 0 Å². The Bertz CT molecular complexity index is 664. The summed E-state index contributed by atoms with van der Waals surface area (Å²) in [6.07, 6.45) is 0. The Morgan fingerprint density at radius 1 is 0.792 bits per heavy atom. The van der Waals surface area contributed by atoms with Gasteiger partial charge in [0, 0.05) is 17.7 Å². The minimum atomic E-state index is -0.916. The quantitative estimate of drug-likeness (QED) is 0.509. The Hall–Kier alpha value is -2.40. The fourth-order valence-electron chi connectivity index (χ4n) is 2.05. The zero-order valence-electron chi connectivity index (χ0n) is 13.7. The maximum Gasteiger partial charge on any atom is 0.166 e. The second kappa shape index (κ2) is 9.03. The molecule has 0 fully saturated rings. The van der Waals surface area contributed by atoms with Crippen LogP contribution in [0.5, 0.6) is 11.5 Å². The fraction of sp³-hybridized carbons (Fsp3) is 0.263. The molecule has 0 saturated carbocycles. The van der Waals surface area contributed by atoms with Crippen molar-refractivity contribution in [1.29, 1.82) is 0 Å². The van der Waals surface area contributed by atoms with Crippen LogP contribution >= 0.6 is 0 Å². The largest absolute Gasteiger partial charge is 0.497 e. The molecule has 0 saturated heterocycles. The van der Waals surface area contributed by atoms with E-state index in [1.807, 2.05) is 6.92 Å². The van der Waals surface area contributed by atoms with E-state index < -0.39 is 11.7 Å². The van der Waals surface area contributed by atoms with Crippen molar-refractivity contribution in [2.45, 2.75) is 6.92 Å². The van der Waals surface area contributed by atoms with Crippen molar-refractivity contribution in [1.82, 2.24) is 0 Å². The van der Waals surface area contributed by atoms with Crippen LogP contribution < -0.4 is 9.47 Å². The van der Waals surface area contributed by atoms with Crippen LogP contribution in [-0.4, -0.2) is 26.9 Å². The highest BCUT2D eigenvalue weighted by atomic mass is 19.2. The van der Waals surface area contributed by atoms with Crippen LogP contribution in [0.1, 0.15) is 18.1 Å². The summed E-state index contributed by atoms with van der Waals surface area (Å²) in [5, 5.41) is 0. The number of hydrogen-bond donors (Lipinski definition) is 0. The lowest BCUT2D eigenvalue weighted by atomic mass is 10.1. The Morgan fingerprint density at radius 3 is 1.75 bits per heavy atom. The molecule has 0 aliphatic heterocycles. The maximum atomic E-state index is 14.3. The van der Waals surface area contributed by atoms with Gasteiger partial charge in [-0.15, -0.1) is 0 Å². The van der Waals surface area contributed by atoms with Gasteiger partial charge in [-0.3, -0.25) is 0 Å². The van der Waals surface area contributed by atoms with Crippen molar-refractivity contribution in [3.05, 3.63) is 59.7 Å². The van der Waals surface area contributed by atoms with Crippen LogP contribution in [-0.2, 0) is 4.74 Å². The van der Waals surface area contributed by atoms with Gasteiger partial charge in [0.25, 0.3) is 0 Å². The highest BCUT2D eigenvalue weighted by Gasteiger charge is 2.11. The van der Waals surface area contributed by atoms with Gasteiger partial charge in [0.05, 0.1) is 13.7 Å². The molecular formula is C19H20F2O3. The van der Waals surface area contributed by atoms with Crippen LogP contribution in [0.4, 0.5) is 8.78 Å². The van der Waals surface area contributed by atoms with Gasteiger partial charge in [-0.05, 0) is 55.5 Å². The Kier molecular flexibility index (Phi) is 6.75. The Labute approximate surface area is 140 Å². The van der Waals surface area contributed by atoms with Crippen molar-refractivity contribution < 1.29 is 23.0 Å². The minimum Gasteiger partial charge on any atom is -0.497 e. The van der Waals surface area contributed by atoms with Gasteiger partial charge in [0.15, 0.2) is 11.7 Å². The molecule has 2 rings (SSSR count). The molecule has 0 unspecified atom stereocenters. The second-order valence-electron chi connectivity index (χ2n) is 4.93. The summed E-state index contributed by atoms with van der Waals surface area (Å²) >= 11 is 0. The summed E-state index contributed by atoms with van der Waals surface area (Å²) in [6, 6.07) is 12.3. The first-order valence-electron chi connectivity index (χ1n) is 7.66. The predicted molar refractivity (Wildman–Crippen MR) is 90.5 cm³/mol. The monoisotopic (exact) mass is 334 g/mol. The smallest absolute Gasteiger partial charge is 0.166 e. The van der Waals surface area contributed by atoms with Crippen LogP contribution in [0.3, 0.4) is 0 Å². The first-order chi connectivity index (χ1) is 11.7. The van der Waals surface area contributed by atoms with Crippen LogP contribution in [0.25, 0.3) is 11.7 Å². The fourth-order valence-corrected chi connectivity index (χ4v) is 2.05. The van der Waals surface area contributed by atoms with Crippen molar-refractivity contribution in [2.75, 3.05) is 26.9 Å². The van der Waals surface area contributed by atoms with Gasteiger partial charge >= 0.3 is 0 Å². The molecule has 2 aromatic rings. The van der Waals surface area contributed by atoms with Crippen LogP contribution in [0.15, 0.2) is 48.5 Å². The van der Waals surface area contributed by atoms with E-state index in [1.165, 1.54) is 31.4 Å². The summed E-state index contributed by atoms with van der Waals surface area (Å²) in [5.41, 5.74) is 0.311. The van der Waals surface area contributed by atoms with E-state index in [1.54, 1.807) is 24.3 Å². The number of benzene rings is 2. The predicted octanol–water partition coefficient (Wildman–Crippen LogP) is 4.88. The topological polar surface area (TPSA) is 27.7 Å². The van der Waals surface area contributed by atoms with E-state index in [9.17, 15) is 8.78 Å². The second-order valence-corrected chi connectivity index (χ2v) is 4.93. The molecule has 0 aliphatic rings. The molecule has 5 heteroatoms. The van der Waals surface area contributed by atoms with Crippen molar-refractivity contribution >= 4 is 11.7 Å². The highest BCUT2D eigenvalue weighted by molar-refractivity contribution is 5.83. The summed E-state index contributed by atoms with van der Waals surface area (Å²) in [7, 11) is 1.51. The number of methoxy groups -OCH3 is 1. The van der Waals surface area contributed by atoms with Gasteiger partial charge in [-0.2, -0.15) is 0 Å². The molecular weight excluding hydrogens is 314 g/mol. The van der Waals surface area contributed by atoms with Crippen LogP contribution in [0.2, 0.25) is 0 Å². The van der Waals surface area contributed by atoms with Gasteiger partial charge in [-0.25, -0.2) is 8.78 Å². The average molecular weight is 334 g/mol. The van der Waals surface area contributed by atoms with Gasteiger partial charge in [0.1, 0.15) is 18.1 Å². The number of ether oxygens (including phenoxy) is 3. The molecule has 0 aromatic heterocycles. The minimum absolute atomic E-state index is 0.153. The first-order valence-corrected chi connectivity index (χ1v) is 7.66. The zero-order valence-corrected chi connectivity index (χ0v) is 13.7. The van der Waals surface area contributed by atoms with Crippen LogP contribution in [0, 0.1) is 0 Å². The molecule has 0 spiro atoms. The molecule has 0 amide bonds. The summed E-state index contributed by atoms with van der Waals surface area (Å²) in [4.78, 5) is 0. The van der Waals surface area contributed by atoms with E-state index in [2.05, 4.69) is 0 Å². The number of rotatable bonds is 8. The van der Waals surface area contributed by atoms with E-state index in [-0.39, 0.29) is 11.1 Å². The molecule has 0 heterocycles. The van der Waals surface area contributed by atoms with Crippen molar-refractivity contribution in [3.8, 4) is 11.5 Å². The van der Waals surface area contributed by atoms with E-state index in [0.717, 1.165) is 0 Å². The SMILES string of the molecule is CCOCCOc1ccc(/C(F)=C(\F)c2ccc(OC)cc2)cc1. The molecule has 24 heavy (non-hydrogen) atoms. The highest BCUT2D eigenvalue weighted by Crippen LogP contribution is 2.30. The summed E-state index contributed by atoms with van der Waals surface area (Å²) in [5.74, 6) is -0.666. The summed E-state index contributed by atoms with van der Waals surface area (Å²) in [6.45, 7) is 3.43. The molecule has 0 atom stereocenters. The van der Waals surface area contributed by atoms with Gasteiger partial charge in [0.2, 0.25) is 0 Å². The first kappa shape index (κ1) is 17.9. The normalized spacial score (nSPS) is 11.8. The third-order valence-electron chi connectivity index (χ3n) is 3.34. The molecule has 3 nitrogen and oxygen atoms in total. The lowest BCUT2D eigenvalue weighted by molar-refractivity contribution is 0.110. The third kappa shape index (κ3) is 4.80. The van der Waals surface area contributed by atoms with E-state index in [4.69, 9.17) is 14.2 Å². The summed E-state index contributed by atoms with van der Waals surface area (Å²) < 4.78 is 44.2. The molecule has 128 valence electrons. The molecule has 0 aliphatic carbocycles. The van der Waals surface area contributed by atoms with Crippen molar-refractivity contribution in [2.24, 2.45) is 0 Å². The van der Waals surface area contributed by atoms with Gasteiger partial charge in [-0.1, -0.05) is 0 Å². The third-order valence-corrected chi connectivity index (χ3v) is 3.34. The average Bonchev–Trinajstić information content (AvgIpc) is 2.64. The maximum absolute atomic E-state index is 14.3. The molecule has 0 N–H and O–H groups in total.